The second kappa shape index (κ2) is 4.07. The van der Waals surface area contributed by atoms with E-state index in [1.807, 2.05) is 12.1 Å². The summed E-state index contributed by atoms with van der Waals surface area (Å²) < 4.78 is 11.2. The van der Waals surface area contributed by atoms with Gasteiger partial charge >= 0.3 is 7.12 Å². The van der Waals surface area contributed by atoms with Crippen molar-refractivity contribution in [2.24, 2.45) is 0 Å². The number of nitrogens with zero attached hydrogens (tertiary/aromatic N) is 1. The average molecular weight is 241 g/mol. The van der Waals surface area contributed by atoms with E-state index in [4.69, 9.17) is 9.31 Å². The molecule has 2 aromatic carbocycles. The van der Waals surface area contributed by atoms with Crippen molar-refractivity contribution in [1.82, 2.24) is 0 Å². The van der Waals surface area contributed by atoms with Gasteiger partial charge in [0.1, 0.15) is 11.5 Å². The minimum atomic E-state index is -0.623. The Kier molecular flexibility index (Phi) is 2.41. The van der Waals surface area contributed by atoms with Crippen molar-refractivity contribution in [2.75, 3.05) is 0 Å². The molecule has 3 rings (SSSR count). The minimum Gasteiger partial charge on any atom is -0.519 e. The molecule has 0 saturated heterocycles. The molecule has 1 aliphatic heterocycles. The number of nitro benzene ring substituents is 1. The van der Waals surface area contributed by atoms with Gasteiger partial charge in [0, 0.05) is 17.6 Å². The second-order valence-corrected chi connectivity index (χ2v) is 3.87. The van der Waals surface area contributed by atoms with Gasteiger partial charge in [0.05, 0.1) is 4.92 Å². The molecule has 88 valence electrons. The maximum Gasteiger partial charge on any atom is 0.633 e. The Morgan fingerprint density at radius 3 is 2.28 bits per heavy atom. The number of nitro groups is 1. The molecule has 5 nitrogen and oxygen atoms in total. The largest absolute Gasteiger partial charge is 0.633 e. The molecule has 0 aliphatic carbocycles. The quantitative estimate of drug-likeness (QED) is 0.456. The monoisotopic (exact) mass is 241 g/mol. The Balaban J connectivity index is 1.90. The number of rotatable bonds is 2. The highest BCUT2D eigenvalue weighted by molar-refractivity contribution is 6.63. The van der Waals surface area contributed by atoms with Gasteiger partial charge in [-0.15, -0.1) is 0 Å². The maximum atomic E-state index is 10.7. The predicted molar refractivity (Wildman–Crippen MR) is 66.2 cm³/mol. The molecule has 0 bridgehead atoms. The van der Waals surface area contributed by atoms with Crippen molar-refractivity contribution in [3.05, 3.63) is 58.6 Å². The van der Waals surface area contributed by atoms with Gasteiger partial charge in [0.15, 0.2) is 0 Å². The van der Waals surface area contributed by atoms with Crippen LogP contribution >= 0.6 is 0 Å². The zero-order valence-corrected chi connectivity index (χ0v) is 9.28. The summed E-state index contributed by atoms with van der Waals surface area (Å²) >= 11 is 0. The summed E-state index contributed by atoms with van der Waals surface area (Å²) in [6, 6.07) is 13.5. The molecular formula is C12H8BNO4. The van der Waals surface area contributed by atoms with E-state index < -0.39 is 12.0 Å². The van der Waals surface area contributed by atoms with Crippen molar-refractivity contribution < 1.29 is 14.2 Å². The number of hydrogen-bond donors (Lipinski definition) is 0. The van der Waals surface area contributed by atoms with Crippen LogP contribution in [0.3, 0.4) is 0 Å². The number of non-ortho nitro benzene ring substituents is 1. The molecule has 18 heavy (non-hydrogen) atoms. The molecule has 2 aromatic rings. The summed E-state index contributed by atoms with van der Waals surface area (Å²) in [5, 5.41) is 10.7. The van der Waals surface area contributed by atoms with Gasteiger partial charge < -0.3 is 9.31 Å². The molecule has 0 saturated carbocycles. The first-order valence-electron chi connectivity index (χ1n) is 5.41. The topological polar surface area (TPSA) is 61.6 Å². The van der Waals surface area contributed by atoms with Gasteiger partial charge in [-0.1, -0.05) is 24.3 Å². The van der Waals surface area contributed by atoms with Crippen LogP contribution in [-0.2, 0) is 0 Å². The van der Waals surface area contributed by atoms with Crippen LogP contribution in [0.1, 0.15) is 0 Å². The van der Waals surface area contributed by atoms with E-state index in [1.54, 1.807) is 24.3 Å². The van der Waals surface area contributed by atoms with E-state index in [2.05, 4.69) is 0 Å². The van der Waals surface area contributed by atoms with Gasteiger partial charge in [-0.05, 0) is 12.1 Å². The standard InChI is InChI=1S/C12H8BNO4/c15-14(16)10-5-3-4-9(8-10)13-17-11-6-1-2-7-12(11)18-13/h1-8H. The van der Waals surface area contributed by atoms with Crippen molar-refractivity contribution in [3.8, 4) is 11.5 Å². The molecule has 0 N–H and O–H groups in total. The number of fused-ring (bicyclic) bond motifs is 1. The summed E-state index contributed by atoms with van der Waals surface area (Å²) in [6.07, 6.45) is 0. The zero-order chi connectivity index (χ0) is 12.5. The molecule has 6 heteroatoms. The summed E-state index contributed by atoms with van der Waals surface area (Å²) in [6.45, 7) is 0. The van der Waals surface area contributed by atoms with E-state index in [1.165, 1.54) is 12.1 Å². The lowest BCUT2D eigenvalue weighted by atomic mass is 9.79. The van der Waals surface area contributed by atoms with Crippen LogP contribution in [0.4, 0.5) is 5.69 Å². The van der Waals surface area contributed by atoms with Gasteiger partial charge in [-0.25, -0.2) is 0 Å². The molecule has 1 aliphatic rings. The van der Waals surface area contributed by atoms with Gasteiger partial charge in [-0.3, -0.25) is 10.1 Å². The Hall–Kier alpha value is -2.50. The molecule has 0 fully saturated rings. The number of hydrogen-bond acceptors (Lipinski definition) is 4. The summed E-state index contributed by atoms with van der Waals surface area (Å²) in [5.41, 5.74) is 0.649. The fourth-order valence-corrected chi connectivity index (χ4v) is 1.82. The average Bonchev–Trinajstić information content (AvgIpc) is 2.82. The van der Waals surface area contributed by atoms with Crippen LogP contribution in [0, 0.1) is 10.1 Å². The van der Waals surface area contributed by atoms with Gasteiger partial charge in [0.2, 0.25) is 0 Å². The van der Waals surface area contributed by atoms with Crippen molar-refractivity contribution in [1.29, 1.82) is 0 Å². The van der Waals surface area contributed by atoms with Gasteiger partial charge in [-0.2, -0.15) is 0 Å². The Labute approximate surface area is 103 Å². The van der Waals surface area contributed by atoms with Crippen LogP contribution in [-0.4, -0.2) is 12.0 Å². The molecule has 0 unspecified atom stereocenters. The van der Waals surface area contributed by atoms with Crippen LogP contribution in [0.5, 0.6) is 11.5 Å². The first-order chi connectivity index (χ1) is 8.74. The SMILES string of the molecule is O=[N+]([O-])c1cccc(B2Oc3ccccc3O2)c1. The number of benzene rings is 2. The molecule has 0 amide bonds. The highest BCUT2D eigenvalue weighted by Gasteiger charge is 2.34. The smallest absolute Gasteiger partial charge is 0.519 e. The normalized spacial score (nSPS) is 12.6. The molecular weight excluding hydrogens is 233 g/mol. The van der Waals surface area contributed by atoms with Crippen molar-refractivity contribution in [3.63, 3.8) is 0 Å². The zero-order valence-electron chi connectivity index (χ0n) is 9.28. The fourth-order valence-electron chi connectivity index (χ4n) is 1.82. The van der Waals surface area contributed by atoms with Gasteiger partial charge in [0.25, 0.3) is 5.69 Å². The third-order valence-electron chi connectivity index (χ3n) is 2.67. The lowest BCUT2D eigenvalue weighted by Crippen LogP contribution is -2.39. The first kappa shape index (κ1) is 10.6. The first-order valence-corrected chi connectivity index (χ1v) is 5.41. The predicted octanol–water partition coefficient (Wildman–Crippen LogP) is 1.76. The van der Waals surface area contributed by atoms with Crippen LogP contribution in [0.25, 0.3) is 0 Å². The Morgan fingerprint density at radius 1 is 1.00 bits per heavy atom. The van der Waals surface area contributed by atoms with Crippen molar-refractivity contribution >= 4 is 18.3 Å². The highest BCUT2D eigenvalue weighted by Crippen LogP contribution is 2.32. The van der Waals surface area contributed by atoms with E-state index in [0.29, 0.717) is 17.0 Å². The van der Waals surface area contributed by atoms with E-state index >= 15 is 0 Å². The maximum absolute atomic E-state index is 10.7. The number of para-hydroxylation sites is 2. The molecule has 0 atom stereocenters. The van der Waals surface area contributed by atoms with Crippen LogP contribution in [0.15, 0.2) is 48.5 Å². The lowest BCUT2D eigenvalue weighted by Gasteiger charge is -2.04. The Morgan fingerprint density at radius 2 is 1.67 bits per heavy atom. The third kappa shape index (κ3) is 1.77. The molecule has 0 spiro atoms. The Bertz CT molecular complexity index is 592. The lowest BCUT2D eigenvalue weighted by molar-refractivity contribution is -0.384. The molecule has 0 radical (unpaired) electrons. The summed E-state index contributed by atoms with van der Waals surface area (Å²) in [7, 11) is -0.623. The summed E-state index contributed by atoms with van der Waals surface area (Å²) in [5.74, 6) is 1.29. The third-order valence-corrected chi connectivity index (χ3v) is 2.67. The minimum absolute atomic E-state index is 0.0238. The van der Waals surface area contributed by atoms with Crippen molar-refractivity contribution in [2.45, 2.75) is 0 Å². The second-order valence-electron chi connectivity index (χ2n) is 3.87. The highest BCUT2D eigenvalue weighted by atomic mass is 16.6. The summed E-state index contributed by atoms with van der Waals surface area (Å²) in [4.78, 5) is 10.3. The van der Waals surface area contributed by atoms with E-state index in [-0.39, 0.29) is 5.69 Å². The van der Waals surface area contributed by atoms with E-state index in [0.717, 1.165) is 0 Å². The van der Waals surface area contributed by atoms with E-state index in [9.17, 15) is 10.1 Å². The van der Waals surface area contributed by atoms with Crippen LogP contribution in [0.2, 0.25) is 0 Å². The molecule has 1 heterocycles. The van der Waals surface area contributed by atoms with Crippen LogP contribution < -0.4 is 14.8 Å². The molecule has 0 aromatic heterocycles. The fraction of sp³-hybridized carbons (Fsp3) is 0.